The first-order valence-corrected chi connectivity index (χ1v) is 7.58. The van der Waals surface area contributed by atoms with Gasteiger partial charge in [0.1, 0.15) is 12.6 Å². The number of rotatable bonds is 6. The standard InChI is InChI=1S/C16H19N3O3/c20-14(17-12-7-8-12)10-19-15(21)13(18-16(19)22)9-6-11-4-2-1-3-5-11/h1-5,12-13H,6-10H2,(H,17,20)(H,18,22)/t13-/m0/s1. The predicted molar refractivity (Wildman–Crippen MR) is 80.0 cm³/mol. The second kappa shape index (κ2) is 6.17. The second-order valence-electron chi connectivity index (χ2n) is 5.79. The summed E-state index contributed by atoms with van der Waals surface area (Å²) >= 11 is 0. The van der Waals surface area contributed by atoms with Crippen LogP contribution in [0, 0.1) is 0 Å². The molecule has 3 rings (SSSR count). The Morgan fingerprint density at radius 3 is 2.64 bits per heavy atom. The average Bonchev–Trinajstić information content (AvgIpc) is 3.28. The number of nitrogens with one attached hydrogen (secondary N) is 2. The highest BCUT2D eigenvalue weighted by molar-refractivity contribution is 6.06. The van der Waals surface area contributed by atoms with E-state index in [0.717, 1.165) is 23.3 Å². The maximum atomic E-state index is 12.2. The molecule has 0 bridgehead atoms. The molecule has 1 aliphatic carbocycles. The Balaban J connectivity index is 1.53. The zero-order chi connectivity index (χ0) is 15.5. The monoisotopic (exact) mass is 301 g/mol. The van der Waals surface area contributed by atoms with E-state index >= 15 is 0 Å². The van der Waals surface area contributed by atoms with Crippen LogP contribution in [0.4, 0.5) is 4.79 Å². The molecule has 0 spiro atoms. The minimum absolute atomic E-state index is 0.191. The van der Waals surface area contributed by atoms with E-state index in [1.807, 2.05) is 30.3 Å². The van der Waals surface area contributed by atoms with E-state index in [-0.39, 0.29) is 24.4 Å². The number of benzene rings is 1. The molecule has 1 heterocycles. The first-order chi connectivity index (χ1) is 10.6. The lowest BCUT2D eigenvalue weighted by molar-refractivity contribution is -0.132. The van der Waals surface area contributed by atoms with Gasteiger partial charge in [-0.3, -0.25) is 14.5 Å². The molecule has 1 aromatic carbocycles. The van der Waals surface area contributed by atoms with Gasteiger partial charge in [-0.1, -0.05) is 30.3 Å². The molecule has 116 valence electrons. The van der Waals surface area contributed by atoms with Crippen LogP contribution in [0.25, 0.3) is 0 Å². The van der Waals surface area contributed by atoms with Crippen molar-refractivity contribution in [1.29, 1.82) is 0 Å². The van der Waals surface area contributed by atoms with Crippen LogP contribution in [0.2, 0.25) is 0 Å². The lowest BCUT2D eigenvalue weighted by Crippen LogP contribution is -2.41. The number of hydrogen-bond acceptors (Lipinski definition) is 3. The molecular formula is C16H19N3O3. The molecule has 0 unspecified atom stereocenters. The lowest BCUT2D eigenvalue weighted by atomic mass is 10.1. The highest BCUT2D eigenvalue weighted by atomic mass is 16.2. The SMILES string of the molecule is O=C(CN1C(=O)N[C@@H](CCc2ccccc2)C1=O)NC1CC1. The van der Waals surface area contributed by atoms with Crippen LogP contribution >= 0.6 is 0 Å². The smallest absolute Gasteiger partial charge is 0.325 e. The number of urea groups is 1. The zero-order valence-corrected chi connectivity index (χ0v) is 12.2. The molecule has 1 aliphatic heterocycles. The van der Waals surface area contributed by atoms with Gasteiger partial charge in [0, 0.05) is 6.04 Å². The van der Waals surface area contributed by atoms with Crippen molar-refractivity contribution in [3.05, 3.63) is 35.9 Å². The van der Waals surface area contributed by atoms with Crippen LogP contribution in [-0.4, -0.2) is 41.4 Å². The normalized spacial score (nSPS) is 20.9. The number of nitrogens with zero attached hydrogens (tertiary/aromatic N) is 1. The van der Waals surface area contributed by atoms with Crippen LogP contribution in [-0.2, 0) is 16.0 Å². The quantitative estimate of drug-likeness (QED) is 0.764. The molecule has 2 N–H and O–H groups in total. The second-order valence-corrected chi connectivity index (χ2v) is 5.79. The lowest BCUT2D eigenvalue weighted by Gasteiger charge is -2.12. The third-order valence-electron chi connectivity index (χ3n) is 3.92. The largest absolute Gasteiger partial charge is 0.352 e. The van der Waals surface area contributed by atoms with E-state index in [1.165, 1.54) is 0 Å². The van der Waals surface area contributed by atoms with Crippen molar-refractivity contribution in [3.63, 3.8) is 0 Å². The number of imide groups is 1. The van der Waals surface area contributed by atoms with Crippen LogP contribution < -0.4 is 10.6 Å². The summed E-state index contributed by atoms with van der Waals surface area (Å²) in [5.41, 5.74) is 1.12. The summed E-state index contributed by atoms with van der Waals surface area (Å²) in [5, 5.41) is 5.44. The van der Waals surface area contributed by atoms with Crippen molar-refractivity contribution < 1.29 is 14.4 Å². The van der Waals surface area contributed by atoms with E-state index in [1.54, 1.807) is 0 Å². The van der Waals surface area contributed by atoms with Crippen molar-refractivity contribution in [2.24, 2.45) is 0 Å². The van der Waals surface area contributed by atoms with Crippen molar-refractivity contribution in [3.8, 4) is 0 Å². The van der Waals surface area contributed by atoms with Gasteiger partial charge < -0.3 is 10.6 Å². The fourth-order valence-electron chi connectivity index (χ4n) is 2.52. The summed E-state index contributed by atoms with van der Waals surface area (Å²) in [6, 6.07) is 9.01. The van der Waals surface area contributed by atoms with Crippen LogP contribution in [0.15, 0.2) is 30.3 Å². The van der Waals surface area contributed by atoms with Gasteiger partial charge in [0.15, 0.2) is 0 Å². The van der Waals surface area contributed by atoms with E-state index in [9.17, 15) is 14.4 Å². The van der Waals surface area contributed by atoms with Gasteiger partial charge >= 0.3 is 6.03 Å². The Hall–Kier alpha value is -2.37. The van der Waals surface area contributed by atoms with Crippen molar-refractivity contribution >= 4 is 17.8 Å². The third kappa shape index (κ3) is 3.44. The van der Waals surface area contributed by atoms with Crippen molar-refractivity contribution in [2.45, 2.75) is 37.8 Å². The molecule has 6 heteroatoms. The molecule has 1 saturated heterocycles. The molecule has 0 aromatic heterocycles. The van der Waals surface area contributed by atoms with Crippen LogP contribution in [0.1, 0.15) is 24.8 Å². The van der Waals surface area contributed by atoms with Gasteiger partial charge in [-0.25, -0.2) is 4.79 Å². The number of carbonyl (C=O) groups is 3. The number of aryl methyl sites for hydroxylation is 1. The van der Waals surface area contributed by atoms with E-state index in [2.05, 4.69) is 10.6 Å². The predicted octanol–water partition coefficient (Wildman–Crippen LogP) is 0.818. The Morgan fingerprint density at radius 2 is 1.95 bits per heavy atom. The minimum atomic E-state index is -0.540. The Bertz CT molecular complexity index is 584. The highest BCUT2D eigenvalue weighted by Crippen LogP contribution is 2.19. The van der Waals surface area contributed by atoms with E-state index < -0.39 is 12.1 Å². The first-order valence-electron chi connectivity index (χ1n) is 7.58. The molecule has 4 amide bonds. The maximum Gasteiger partial charge on any atom is 0.325 e. The van der Waals surface area contributed by atoms with Crippen LogP contribution in [0.3, 0.4) is 0 Å². The maximum absolute atomic E-state index is 12.2. The van der Waals surface area contributed by atoms with E-state index in [4.69, 9.17) is 0 Å². The molecular weight excluding hydrogens is 282 g/mol. The summed E-state index contributed by atoms with van der Waals surface area (Å²) in [6.07, 6.45) is 3.20. The molecule has 2 aliphatic rings. The highest BCUT2D eigenvalue weighted by Gasteiger charge is 2.39. The number of hydrogen-bond donors (Lipinski definition) is 2. The van der Waals surface area contributed by atoms with Gasteiger partial charge in [-0.2, -0.15) is 0 Å². The van der Waals surface area contributed by atoms with E-state index in [0.29, 0.717) is 12.8 Å². The summed E-state index contributed by atoms with van der Waals surface area (Å²) < 4.78 is 0. The number of amides is 4. The van der Waals surface area contributed by atoms with Gasteiger partial charge in [0.25, 0.3) is 5.91 Å². The Labute approximate surface area is 128 Å². The molecule has 0 radical (unpaired) electrons. The molecule has 6 nitrogen and oxygen atoms in total. The summed E-state index contributed by atoms with van der Waals surface area (Å²) in [5.74, 6) is -0.582. The molecule has 1 saturated carbocycles. The zero-order valence-electron chi connectivity index (χ0n) is 12.2. The average molecular weight is 301 g/mol. The first kappa shape index (κ1) is 14.6. The Kier molecular flexibility index (Phi) is 4.09. The minimum Gasteiger partial charge on any atom is -0.352 e. The number of carbonyl (C=O) groups excluding carboxylic acids is 3. The fraction of sp³-hybridized carbons (Fsp3) is 0.438. The molecule has 22 heavy (non-hydrogen) atoms. The van der Waals surface area contributed by atoms with Gasteiger partial charge in [-0.15, -0.1) is 0 Å². The fourth-order valence-corrected chi connectivity index (χ4v) is 2.52. The van der Waals surface area contributed by atoms with Crippen molar-refractivity contribution in [2.75, 3.05) is 6.54 Å². The summed E-state index contributed by atoms with van der Waals surface area (Å²) in [4.78, 5) is 36.8. The summed E-state index contributed by atoms with van der Waals surface area (Å²) in [7, 11) is 0. The van der Waals surface area contributed by atoms with Gasteiger partial charge in [0.05, 0.1) is 0 Å². The van der Waals surface area contributed by atoms with Gasteiger partial charge in [0.2, 0.25) is 5.91 Å². The molecule has 2 fully saturated rings. The Morgan fingerprint density at radius 1 is 1.23 bits per heavy atom. The van der Waals surface area contributed by atoms with Crippen LogP contribution in [0.5, 0.6) is 0 Å². The topological polar surface area (TPSA) is 78.5 Å². The van der Waals surface area contributed by atoms with Crippen molar-refractivity contribution in [1.82, 2.24) is 15.5 Å². The molecule has 1 atom stereocenters. The molecule has 1 aromatic rings. The van der Waals surface area contributed by atoms with Gasteiger partial charge in [-0.05, 0) is 31.2 Å². The third-order valence-corrected chi connectivity index (χ3v) is 3.92. The summed E-state index contributed by atoms with van der Waals surface area (Å²) in [6.45, 7) is -0.191.